The van der Waals surface area contributed by atoms with E-state index in [4.69, 9.17) is 4.74 Å². The van der Waals surface area contributed by atoms with E-state index in [9.17, 15) is 0 Å². The highest BCUT2D eigenvalue weighted by atomic mass is 16.5. The van der Waals surface area contributed by atoms with Crippen molar-refractivity contribution in [3.05, 3.63) is 65.9 Å². The summed E-state index contributed by atoms with van der Waals surface area (Å²) in [5.41, 5.74) is 3.63. The normalized spacial score (nSPS) is 12.8. The molecule has 2 aromatic carbocycles. The lowest BCUT2D eigenvalue weighted by molar-refractivity contribution is 0.414. The van der Waals surface area contributed by atoms with Gasteiger partial charge in [0.2, 0.25) is 0 Å². The minimum atomic E-state index is 0.629. The van der Waals surface area contributed by atoms with Crippen LogP contribution in [0.2, 0.25) is 0 Å². The Morgan fingerprint density at radius 3 is 2.80 bits per heavy atom. The summed E-state index contributed by atoms with van der Waals surface area (Å²) in [7, 11) is 1.66. The van der Waals surface area contributed by atoms with Crippen molar-refractivity contribution < 1.29 is 4.74 Å². The second-order valence-corrected chi connectivity index (χ2v) is 5.87. The highest BCUT2D eigenvalue weighted by Gasteiger charge is 2.22. The Bertz CT molecular complexity index is 866. The fraction of sp³-hybridized carbons (Fsp3) is 0.211. The molecule has 0 unspecified atom stereocenters. The molecule has 1 aromatic heterocycles. The van der Waals surface area contributed by atoms with Gasteiger partial charge < -0.3 is 15.0 Å². The second kappa shape index (κ2) is 6.76. The maximum absolute atomic E-state index is 5.18. The minimum Gasteiger partial charge on any atom is -0.497 e. The molecule has 0 saturated heterocycles. The number of nitrogens with one attached hydrogen (secondary N) is 1. The molecule has 6 nitrogen and oxygen atoms in total. The number of benzene rings is 2. The molecule has 126 valence electrons. The highest BCUT2D eigenvalue weighted by molar-refractivity contribution is 5.65. The third-order valence-electron chi connectivity index (χ3n) is 4.31. The summed E-state index contributed by atoms with van der Waals surface area (Å²) in [6, 6.07) is 16.3. The van der Waals surface area contributed by atoms with Gasteiger partial charge in [0.15, 0.2) is 5.82 Å². The van der Waals surface area contributed by atoms with Gasteiger partial charge in [0.1, 0.15) is 5.75 Å². The summed E-state index contributed by atoms with van der Waals surface area (Å²) in [5, 5.41) is 11.6. The Morgan fingerprint density at radius 2 is 1.96 bits per heavy atom. The summed E-state index contributed by atoms with van der Waals surface area (Å²) in [4.78, 5) is 6.73. The minimum absolute atomic E-state index is 0.629. The molecule has 25 heavy (non-hydrogen) atoms. The van der Waals surface area contributed by atoms with Crippen LogP contribution in [0.1, 0.15) is 11.1 Å². The van der Waals surface area contributed by atoms with Crippen LogP contribution in [0.4, 0.5) is 17.5 Å². The molecule has 0 saturated carbocycles. The molecular weight excluding hydrogens is 314 g/mol. The molecule has 0 fully saturated rings. The number of hydrogen-bond donors (Lipinski definition) is 1. The van der Waals surface area contributed by atoms with E-state index in [-0.39, 0.29) is 0 Å². The average molecular weight is 333 g/mol. The predicted molar refractivity (Wildman–Crippen MR) is 97.3 cm³/mol. The zero-order valence-corrected chi connectivity index (χ0v) is 14.0. The van der Waals surface area contributed by atoms with E-state index in [1.807, 2.05) is 30.3 Å². The summed E-state index contributed by atoms with van der Waals surface area (Å²) in [6.07, 6.45) is 2.65. The summed E-state index contributed by atoms with van der Waals surface area (Å²) in [5.74, 6) is 2.19. The number of nitrogens with zero attached hydrogens (tertiary/aromatic N) is 4. The van der Waals surface area contributed by atoms with Crippen LogP contribution in [-0.4, -0.2) is 28.8 Å². The lowest BCUT2D eigenvalue weighted by atomic mass is 10.2. The number of methoxy groups -OCH3 is 1. The van der Waals surface area contributed by atoms with E-state index in [1.165, 1.54) is 5.56 Å². The largest absolute Gasteiger partial charge is 0.497 e. The molecule has 0 aliphatic carbocycles. The van der Waals surface area contributed by atoms with Crippen molar-refractivity contribution in [1.82, 2.24) is 15.2 Å². The van der Waals surface area contributed by atoms with E-state index in [2.05, 4.69) is 43.6 Å². The molecule has 0 spiro atoms. The number of hydrogen-bond acceptors (Lipinski definition) is 6. The molecule has 2 heterocycles. The first kappa shape index (κ1) is 15.4. The molecule has 3 aromatic rings. The fourth-order valence-corrected chi connectivity index (χ4v) is 2.98. The summed E-state index contributed by atoms with van der Waals surface area (Å²) < 4.78 is 5.18. The van der Waals surface area contributed by atoms with Crippen LogP contribution < -0.4 is 15.0 Å². The zero-order chi connectivity index (χ0) is 17.1. The van der Waals surface area contributed by atoms with Gasteiger partial charge in [0.05, 0.1) is 13.3 Å². The van der Waals surface area contributed by atoms with Gasteiger partial charge in [-0.2, -0.15) is 10.1 Å². The van der Waals surface area contributed by atoms with E-state index >= 15 is 0 Å². The third kappa shape index (κ3) is 3.24. The van der Waals surface area contributed by atoms with Crippen molar-refractivity contribution in [2.24, 2.45) is 0 Å². The molecule has 1 aliphatic rings. The maximum Gasteiger partial charge on any atom is 0.251 e. The lowest BCUT2D eigenvalue weighted by Gasteiger charge is -2.17. The number of fused-ring (bicyclic) bond motifs is 1. The third-order valence-corrected chi connectivity index (χ3v) is 4.31. The SMILES string of the molecule is COc1ccc(CNc2cnnc(N3CCc4ccccc43)n2)cc1. The molecule has 0 radical (unpaired) electrons. The fourth-order valence-electron chi connectivity index (χ4n) is 2.98. The van der Waals surface area contributed by atoms with Crippen molar-refractivity contribution in [3.8, 4) is 5.75 Å². The Balaban J connectivity index is 1.48. The zero-order valence-electron chi connectivity index (χ0n) is 14.0. The van der Waals surface area contributed by atoms with E-state index in [0.29, 0.717) is 18.3 Å². The first-order chi connectivity index (χ1) is 12.3. The van der Waals surface area contributed by atoms with Crippen LogP contribution in [0.25, 0.3) is 0 Å². The van der Waals surface area contributed by atoms with Gasteiger partial charge in [-0.15, -0.1) is 5.10 Å². The molecule has 4 rings (SSSR count). The number of aromatic nitrogens is 3. The molecular formula is C19H19N5O. The van der Waals surface area contributed by atoms with Gasteiger partial charge in [0.25, 0.3) is 5.95 Å². The van der Waals surface area contributed by atoms with Crippen molar-refractivity contribution >= 4 is 17.5 Å². The lowest BCUT2D eigenvalue weighted by Crippen LogP contribution is -2.17. The van der Waals surface area contributed by atoms with Crippen molar-refractivity contribution in [1.29, 1.82) is 0 Å². The topological polar surface area (TPSA) is 63.2 Å². The van der Waals surface area contributed by atoms with E-state index < -0.39 is 0 Å². The summed E-state index contributed by atoms with van der Waals surface area (Å²) >= 11 is 0. The Kier molecular flexibility index (Phi) is 4.16. The average Bonchev–Trinajstić information content (AvgIpc) is 3.11. The molecule has 1 aliphatic heterocycles. The van der Waals surface area contributed by atoms with E-state index in [1.54, 1.807) is 13.3 Å². The maximum atomic E-state index is 5.18. The van der Waals surface area contributed by atoms with Crippen LogP contribution in [0, 0.1) is 0 Å². The Morgan fingerprint density at radius 1 is 1.12 bits per heavy atom. The van der Waals surface area contributed by atoms with E-state index in [0.717, 1.165) is 30.0 Å². The van der Waals surface area contributed by atoms with Gasteiger partial charge in [-0.3, -0.25) is 0 Å². The number of ether oxygens (including phenoxy) is 1. The predicted octanol–water partition coefficient (Wildman–Crippen LogP) is 3.19. The van der Waals surface area contributed by atoms with Crippen LogP contribution >= 0.6 is 0 Å². The van der Waals surface area contributed by atoms with Gasteiger partial charge >= 0.3 is 0 Å². The van der Waals surface area contributed by atoms with Crippen LogP contribution in [-0.2, 0) is 13.0 Å². The first-order valence-electron chi connectivity index (χ1n) is 8.25. The van der Waals surface area contributed by atoms with Crippen LogP contribution in [0.15, 0.2) is 54.7 Å². The summed E-state index contributed by atoms with van der Waals surface area (Å²) in [6.45, 7) is 1.54. The first-order valence-corrected chi connectivity index (χ1v) is 8.25. The van der Waals surface area contributed by atoms with Gasteiger partial charge in [0, 0.05) is 18.8 Å². The Labute approximate surface area is 146 Å². The monoisotopic (exact) mass is 333 g/mol. The van der Waals surface area contributed by atoms with Crippen LogP contribution in [0.3, 0.4) is 0 Å². The number of rotatable bonds is 5. The molecule has 0 amide bonds. The number of para-hydroxylation sites is 1. The van der Waals surface area contributed by atoms with Gasteiger partial charge in [-0.1, -0.05) is 30.3 Å². The standard InChI is InChI=1S/C19H19N5O/c1-25-16-8-6-14(7-9-16)12-20-18-13-21-23-19(22-18)24-11-10-15-4-2-3-5-17(15)24/h2-9,13H,10-12H2,1H3,(H,20,22,23). The molecule has 6 heteroatoms. The smallest absolute Gasteiger partial charge is 0.251 e. The molecule has 1 N–H and O–H groups in total. The molecule has 0 bridgehead atoms. The second-order valence-electron chi connectivity index (χ2n) is 5.87. The van der Waals surface area contributed by atoms with Crippen molar-refractivity contribution in [2.45, 2.75) is 13.0 Å². The van der Waals surface area contributed by atoms with Gasteiger partial charge in [-0.05, 0) is 35.7 Å². The molecule has 0 atom stereocenters. The number of anilines is 3. The van der Waals surface area contributed by atoms with Crippen LogP contribution in [0.5, 0.6) is 5.75 Å². The highest BCUT2D eigenvalue weighted by Crippen LogP contribution is 2.32. The van der Waals surface area contributed by atoms with Crippen molar-refractivity contribution in [2.75, 3.05) is 23.9 Å². The van der Waals surface area contributed by atoms with Crippen molar-refractivity contribution in [3.63, 3.8) is 0 Å². The Hall–Kier alpha value is -3.15. The quantitative estimate of drug-likeness (QED) is 0.774. The van der Waals surface area contributed by atoms with Gasteiger partial charge in [-0.25, -0.2) is 0 Å².